The molecule has 0 radical (unpaired) electrons. The molecule has 17 heavy (non-hydrogen) atoms. The zero-order valence-electron chi connectivity index (χ0n) is 10.8. The molecule has 1 rings (SSSR count). The summed E-state index contributed by atoms with van der Waals surface area (Å²) in [7, 11) is -1.31. The normalized spacial score (nSPS) is 21.6. The summed E-state index contributed by atoms with van der Waals surface area (Å²) in [6, 6.07) is 0. The molecule has 1 aliphatic rings. The van der Waals surface area contributed by atoms with E-state index >= 15 is 0 Å². The third-order valence-corrected chi connectivity index (χ3v) is 5.26. The van der Waals surface area contributed by atoms with Crippen LogP contribution in [0, 0.1) is 0 Å². The number of piperidine rings is 1. The molecule has 0 spiro atoms. The van der Waals surface area contributed by atoms with Crippen LogP contribution in [0.2, 0.25) is 0 Å². The molecule has 6 heteroatoms. The van der Waals surface area contributed by atoms with Gasteiger partial charge in [-0.25, -0.2) is 12.7 Å². The van der Waals surface area contributed by atoms with Crippen LogP contribution in [0.15, 0.2) is 0 Å². The summed E-state index contributed by atoms with van der Waals surface area (Å²) in [5.74, 6) is 0.230. The second-order valence-corrected chi connectivity index (χ2v) is 6.91. The third kappa shape index (κ3) is 4.21. The topological polar surface area (TPSA) is 69.6 Å². The second-order valence-electron chi connectivity index (χ2n) is 4.82. The van der Waals surface area contributed by atoms with E-state index in [9.17, 15) is 13.5 Å². The third-order valence-electron chi connectivity index (χ3n) is 3.31. The lowest BCUT2D eigenvalue weighted by Crippen LogP contribution is -2.51. The molecule has 0 aromatic carbocycles. The molecule has 0 bridgehead atoms. The van der Waals surface area contributed by atoms with Gasteiger partial charge in [-0.15, -0.1) is 0 Å². The van der Waals surface area contributed by atoms with E-state index in [1.165, 1.54) is 4.31 Å². The van der Waals surface area contributed by atoms with Crippen molar-refractivity contribution in [2.24, 2.45) is 0 Å². The van der Waals surface area contributed by atoms with Gasteiger partial charge in [-0.1, -0.05) is 13.3 Å². The van der Waals surface area contributed by atoms with Crippen molar-refractivity contribution >= 4 is 10.0 Å². The molecule has 0 aliphatic carbocycles. The van der Waals surface area contributed by atoms with E-state index in [0.717, 1.165) is 6.42 Å². The minimum atomic E-state index is -3.11. The molecule has 1 heterocycles. The maximum atomic E-state index is 11.9. The predicted octanol–water partition coefficient (Wildman–Crippen LogP) is 0.163. The number of unbranched alkanes of at least 4 members (excludes halogenated alkanes) is 1. The van der Waals surface area contributed by atoms with E-state index in [1.54, 1.807) is 7.05 Å². The Labute approximate surface area is 104 Å². The first-order chi connectivity index (χ1) is 7.93. The lowest BCUT2D eigenvalue weighted by Gasteiger charge is -2.37. The first-order valence-corrected chi connectivity index (χ1v) is 7.89. The highest BCUT2D eigenvalue weighted by molar-refractivity contribution is 7.89. The monoisotopic (exact) mass is 264 g/mol. The van der Waals surface area contributed by atoms with Crippen LogP contribution in [0.5, 0.6) is 0 Å². The largest absolute Gasteiger partial charge is 0.388 e. The number of hydrogen-bond acceptors (Lipinski definition) is 4. The van der Waals surface area contributed by atoms with Crippen LogP contribution in [0.1, 0.15) is 32.6 Å². The van der Waals surface area contributed by atoms with Crippen molar-refractivity contribution < 1.29 is 13.5 Å². The highest BCUT2D eigenvalue weighted by atomic mass is 32.2. The Kier molecular flexibility index (Phi) is 5.37. The number of likely N-dealkylation sites (N-methyl/N-ethyl adjacent to an activating group) is 1. The van der Waals surface area contributed by atoms with Crippen LogP contribution in [-0.4, -0.2) is 55.9 Å². The summed E-state index contributed by atoms with van der Waals surface area (Å²) in [6.45, 7) is 3.38. The molecule has 0 aromatic heterocycles. The smallest absolute Gasteiger partial charge is 0.214 e. The Hall–Kier alpha value is -0.170. The van der Waals surface area contributed by atoms with E-state index in [1.807, 2.05) is 6.92 Å². The van der Waals surface area contributed by atoms with Crippen molar-refractivity contribution in [3.05, 3.63) is 0 Å². The fourth-order valence-electron chi connectivity index (χ4n) is 2.14. The van der Waals surface area contributed by atoms with E-state index in [2.05, 4.69) is 5.32 Å². The van der Waals surface area contributed by atoms with Gasteiger partial charge in [0.25, 0.3) is 0 Å². The molecule has 2 N–H and O–H groups in total. The van der Waals surface area contributed by atoms with Crippen molar-refractivity contribution in [2.75, 3.05) is 32.4 Å². The lowest BCUT2D eigenvalue weighted by atomic mass is 9.92. The Morgan fingerprint density at radius 2 is 1.94 bits per heavy atom. The average molecular weight is 264 g/mol. The summed E-state index contributed by atoms with van der Waals surface area (Å²) in [5.41, 5.74) is -0.745. The van der Waals surface area contributed by atoms with Crippen LogP contribution in [0.25, 0.3) is 0 Å². The number of hydrogen-bond donors (Lipinski definition) is 2. The molecule has 1 saturated heterocycles. The van der Waals surface area contributed by atoms with Gasteiger partial charge in [-0.2, -0.15) is 0 Å². The Bertz CT molecular complexity index is 322. The zero-order valence-corrected chi connectivity index (χ0v) is 11.6. The zero-order chi connectivity index (χ0) is 12.9. The van der Waals surface area contributed by atoms with Gasteiger partial charge in [0.05, 0.1) is 11.4 Å². The SMILES string of the molecule is CCCCS(=O)(=O)N1CCC(O)(CNC)CC1. The fraction of sp³-hybridized carbons (Fsp3) is 1.00. The number of nitrogens with one attached hydrogen (secondary N) is 1. The summed E-state index contributed by atoms with van der Waals surface area (Å²) in [4.78, 5) is 0. The molecule has 102 valence electrons. The van der Waals surface area contributed by atoms with E-state index in [0.29, 0.717) is 38.9 Å². The summed E-state index contributed by atoms with van der Waals surface area (Å²) >= 11 is 0. The van der Waals surface area contributed by atoms with Gasteiger partial charge in [-0.05, 0) is 26.3 Å². The van der Waals surface area contributed by atoms with E-state index < -0.39 is 15.6 Å². The molecule has 1 fully saturated rings. The second kappa shape index (κ2) is 6.13. The molecular formula is C11H24N2O3S. The summed E-state index contributed by atoms with van der Waals surface area (Å²) < 4.78 is 25.4. The first-order valence-electron chi connectivity index (χ1n) is 6.28. The molecule has 0 atom stereocenters. The molecule has 0 saturated carbocycles. The highest BCUT2D eigenvalue weighted by Crippen LogP contribution is 2.23. The van der Waals surface area contributed by atoms with Crippen molar-refractivity contribution in [3.63, 3.8) is 0 Å². The minimum absolute atomic E-state index is 0.230. The number of rotatable bonds is 6. The van der Waals surface area contributed by atoms with Crippen LogP contribution in [-0.2, 0) is 10.0 Å². The van der Waals surface area contributed by atoms with Gasteiger partial charge in [0, 0.05) is 19.6 Å². The summed E-state index contributed by atoms with van der Waals surface area (Å²) in [5, 5.41) is 13.1. The quantitative estimate of drug-likeness (QED) is 0.717. The van der Waals surface area contributed by atoms with Crippen molar-refractivity contribution in [3.8, 4) is 0 Å². The highest BCUT2D eigenvalue weighted by Gasteiger charge is 2.35. The molecule has 0 aromatic rings. The summed E-state index contributed by atoms with van der Waals surface area (Å²) in [6.07, 6.45) is 2.62. The fourth-order valence-corrected chi connectivity index (χ4v) is 3.79. The number of sulfonamides is 1. The molecule has 5 nitrogen and oxygen atoms in total. The van der Waals surface area contributed by atoms with Crippen LogP contribution in [0.3, 0.4) is 0 Å². The Morgan fingerprint density at radius 1 is 1.35 bits per heavy atom. The van der Waals surface area contributed by atoms with Gasteiger partial charge in [0.2, 0.25) is 10.0 Å². The molecular weight excluding hydrogens is 240 g/mol. The molecule has 0 amide bonds. The maximum absolute atomic E-state index is 11.9. The number of aliphatic hydroxyl groups is 1. The lowest BCUT2D eigenvalue weighted by molar-refractivity contribution is -0.00232. The van der Waals surface area contributed by atoms with Gasteiger partial charge >= 0.3 is 0 Å². The maximum Gasteiger partial charge on any atom is 0.214 e. The Balaban J connectivity index is 2.51. The standard InChI is InChI=1S/C11H24N2O3S/c1-3-4-9-17(15,16)13-7-5-11(14,6-8-13)10-12-2/h12,14H,3-10H2,1-2H3. The minimum Gasteiger partial charge on any atom is -0.388 e. The van der Waals surface area contributed by atoms with Gasteiger partial charge in [0.15, 0.2) is 0 Å². The van der Waals surface area contributed by atoms with Gasteiger partial charge in [-0.3, -0.25) is 0 Å². The molecule has 1 aliphatic heterocycles. The van der Waals surface area contributed by atoms with Gasteiger partial charge in [0.1, 0.15) is 0 Å². The van der Waals surface area contributed by atoms with E-state index in [4.69, 9.17) is 0 Å². The predicted molar refractivity (Wildman–Crippen MR) is 68.4 cm³/mol. The van der Waals surface area contributed by atoms with Crippen molar-refractivity contribution in [1.29, 1.82) is 0 Å². The van der Waals surface area contributed by atoms with Gasteiger partial charge < -0.3 is 10.4 Å². The average Bonchev–Trinajstić information content (AvgIpc) is 2.27. The van der Waals surface area contributed by atoms with Crippen LogP contribution >= 0.6 is 0 Å². The Morgan fingerprint density at radius 3 is 2.41 bits per heavy atom. The van der Waals surface area contributed by atoms with Crippen LogP contribution in [0.4, 0.5) is 0 Å². The van der Waals surface area contributed by atoms with Crippen LogP contribution < -0.4 is 5.32 Å². The first kappa shape index (κ1) is 14.9. The molecule has 0 unspecified atom stereocenters. The van der Waals surface area contributed by atoms with Crippen molar-refractivity contribution in [2.45, 2.75) is 38.2 Å². The number of nitrogens with zero attached hydrogens (tertiary/aromatic N) is 1. The van der Waals surface area contributed by atoms with E-state index in [-0.39, 0.29) is 5.75 Å². The van der Waals surface area contributed by atoms with Crippen molar-refractivity contribution in [1.82, 2.24) is 9.62 Å².